The van der Waals surface area contributed by atoms with Crippen LogP contribution in [0.3, 0.4) is 0 Å². The Kier molecular flexibility index (Phi) is 6.77. The van der Waals surface area contributed by atoms with Gasteiger partial charge in [0.2, 0.25) is 10.0 Å². The van der Waals surface area contributed by atoms with Crippen molar-refractivity contribution in [3.8, 4) is 5.75 Å². The Bertz CT molecular complexity index is 976. The molecule has 2 heterocycles. The molecule has 2 aliphatic rings. The normalized spacial score (nSPS) is 20.7. The summed E-state index contributed by atoms with van der Waals surface area (Å²) in [6.45, 7) is 2.90. The monoisotopic (exact) mass is 455 g/mol. The number of methoxy groups -OCH3 is 1. The van der Waals surface area contributed by atoms with Gasteiger partial charge in [-0.15, -0.1) is 0 Å². The molecule has 1 aromatic carbocycles. The minimum absolute atomic E-state index is 0.0243. The van der Waals surface area contributed by atoms with Crippen LogP contribution in [0.2, 0.25) is 0 Å². The second-order valence-electron chi connectivity index (χ2n) is 7.31. The lowest BCUT2D eigenvalue weighted by molar-refractivity contribution is -0.386. The summed E-state index contributed by atoms with van der Waals surface area (Å²) in [4.78, 5) is 37.8. The molecule has 2 fully saturated rings. The number of piperazine rings is 1. The third-order valence-corrected chi connectivity index (χ3v) is 7.24. The molecule has 3 rings (SSSR count). The van der Waals surface area contributed by atoms with Crippen LogP contribution in [0.25, 0.3) is 0 Å². The maximum Gasteiger partial charge on any atom is 0.325 e. The van der Waals surface area contributed by atoms with Gasteiger partial charge in [-0.1, -0.05) is 13.3 Å². The van der Waals surface area contributed by atoms with E-state index in [-0.39, 0.29) is 36.3 Å². The quantitative estimate of drug-likeness (QED) is 0.341. The van der Waals surface area contributed by atoms with Gasteiger partial charge in [0.05, 0.1) is 23.6 Å². The molecule has 170 valence electrons. The molecule has 2 aliphatic heterocycles. The second-order valence-corrected chi connectivity index (χ2v) is 9.25. The second kappa shape index (κ2) is 9.16. The number of rotatable bonds is 8. The number of carbonyl (C=O) groups is 2. The lowest BCUT2D eigenvalue weighted by Crippen LogP contribution is -2.52. The van der Waals surface area contributed by atoms with Gasteiger partial charge in [-0.25, -0.2) is 18.1 Å². The molecule has 0 aromatic heterocycles. The van der Waals surface area contributed by atoms with Crippen LogP contribution in [0.1, 0.15) is 19.8 Å². The average Bonchev–Trinajstić information content (AvgIpc) is 3.01. The largest absolute Gasteiger partial charge is 0.490 e. The predicted octanol–water partition coefficient (Wildman–Crippen LogP) is 0.588. The van der Waals surface area contributed by atoms with E-state index in [9.17, 15) is 28.1 Å². The maximum absolute atomic E-state index is 12.9. The van der Waals surface area contributed by atoms with Crippen LogP contribution >= 0.6 is 0 Å². The van der Waals surface area contributed by atoms with Crippen molar-refractivity contribution < 1.29 is 27.7 Å². The van der Waals surface area contributed by atoms with E-state index in [2.05, 4.69) is 5.32 Å². The molecule has 3 amide bonds. The zero-order valence-electron chi connectivity index (χ0n) is 17.3. The van der Waals surface area contributed by atoms with Crippen molar-refractivity contribution in [1.29, 1.82) is 0 Å². The smallest absolute Gasteiger partial charge is 0.325 e. The first-order valence-electron chi connectivity index (χ1n) is 9.85. The maximum atomic E-state index is 12.9. The molecule has 1 N–H and O–H groups in total. The van der Waals surface area contributed by atoms with Gasteiger partial charge in [-0.2, -0.15) is 4.31 Å². The Morgan fingerprint density at radius 2 is 1.90 bits per heavy atom. The van der Waals surface area contributed by atoms with Gasteiger partial charge < -0.3 is 10.1 Å². The fourth-order valence-corrected chi connectivity index (χ4v) is 5.07. The van der Waals surface area contributed by atoms with E-state index < -0.39 is 32.7 Å². The van der Waals surface area contributed by atoms with Crippen LogP contribution in [0.15, 0.2) is 23.1 Å². The van der Waals surface area contributed by atoms with Crippen LogP contribution in [-0.4, -0.2) is 85.4 Å². The number of imide groups is 1. The first kappa shape index (κ1) is 22.9. The van der Waals surface area contributed by atoms with Crippen molar-refractivity contribution in [2.24, 2.45) is 0 Å². The number of nitro groups is 1. The molecule has 0 aliphatic carbocycles. The van der Waals surface area contributed by atoms with E-state index in [1.807, 2.05) is 11.8 Å². The number of benzene rings is 1. The van der Waals surface area contributed by atoms with Crippen LogP contribution < -0.4 is 10.1 Å². The van der Waals surface area contributed by atoms with E-state index in [1.54, 1.807) is 0 Å². The fraction of sp³-hybridized carbons (Fsp3) is 0.556. The average molecular weight is 455 g/mol. The first-order chi connectivity index (χ1) is 14.7. The predicted molar refractivity (Wildman–Crippen MR) is 109 cm³/mol. The zero-order chi connectivity index (χ0) is 22.8. The number of ether oxygens (including phenoxy) is 1. The van der Waals surface area contributed by atoms with E-state index in [0.29, 0.717) is 19.5 Å². The molecule has 0 radical (unpaired) electrons. The fourth-order valence-electron chi connectivity index (χ4n) is 3.63. The summed E-state index contributed by atoms with van der Waals surface area (Å²) in [5.74, 6) is -0.295. The molecule has 0 unspecified atom stereocenters. The summed E-state index contributed by atoms with van der Waals surface area (Å²) in [5, 5.41) is 13.9. The highest BCUT2D eigenvalue weighted by Gasteiger charge is 2.39. The molecule has 1 atom stereocenters. The van der Waals surface area contributed by atoms with Crippen LogP contribution in [0.4, 0.5) is 10.5 Å². The molecule has 0 bridgehead atoms. The van der Waals surface area contributed by atoms with Crippen LogP contribution in [-0.2, 0) is 14.8 Å². The summed E-state index contributed by atoms with van der Waals surface area (Å²) in [6.07, 6.45) is 1.34. The Balaban J connectivity index is 1.65. The highest BCUT2D eigenvalue weighted by molar-refractivity contribution is 7.89. The molecular weight excluding hydrogens is 430 g/mol. The lowest BCUT2D eigenvalue weighted by Gasteiger charge is -2.35. The Hall–Kier alpha value is -2.77. The number of carbonyl (C=O) groups excluding carboxylic acids is 2. The van der Waals surface area contributed by atoms with Gasteiger partial charge in [0.1, 0.15) is 6.04 Å². The molecule has 0 spiro atoms. The summed E-state index contributed by atoms with van der Waals surface area (Å²) in [6, 6.07) is 2.57. The van der Waals surface area contributed by atoms with E-state index in [1.165, 1.54) is 23.5 Å². The van der Waals surface area contributed by atoms with Gasteiger partial charge >= 0.3 is 11.7 Å². The molecule has 13 heteroatoms. The van der Waals surface area contributed by atoms with Crippen molar-refractivity contribution >= 4 is 27.6 Å². The molecule has 12 nitrogen and oxygen atoms in total. The molecule has 31 heavy (non-hydrogen) atoms. The standard InChI is InChI=1S/C18H25N5O7S/c1-3-4-14-17(24)22(18(25)19-14)12-20-7-9-21(10-8-20)31(28,29)13-5-6-16(30-2)15(11-13)23(26)27/h5-6,11,14H,3-4,7-10,12H2,1-2H3,(H,19,25)/t14-/m0/s1. The molecule has 1 aromatic rings. The minimum atomic E-state index is -3.94. The molecule has 0 saturated carbocycles. The van der Waals surface area contributed by atoms with Crippen LogP contribution in [0, 0.1) is 10.1 Å². The SMILES string of the molecule is CCC[C@@H]1NC(=O)N(CN2CCN(S(=O)(=O)c3ccc(OC)c([N+](=O)[O-])c3)CC2)C1=O. The third-order valence-electron chi connectivity index (χ3n) is 5.34. The highest BCUT2D eigenvalue weighted by atomic mass is 32.2. The van der Waals surface area contributed by atoms with E-state index in [4.69, 9.17) is 4.74 Å². The summed E-state index contributed by atoms with van der Waals surface area (Å²) >= 11 is 0. The molecular formula is C18H25N5O7S. The Labute approximate surface area is 179 Å². The summed E-state index contributed by atoms with van der Waals surface area (Å²) in [7, 11) is -2.68. The van der Waals surface area contributed by atoms with Crippen molar-refractivity contribution in [3.05, 3.63) is 28.3 Å². The lowest BCUT2D eigenvalue weighted by atomic mass is 10.2. The van der Waals surface area contributed by atoms with E-state index in [0.717, 1.165) is 17.4 Å². The minimum Gasteiger partial charge on any atom is -0.490 e. The number of amides is 3. The number of nitro benzene ring substituents is 1. The van der Waals surface area contributed by atoms with Crippen LogP contribution in [0.5, 0.6) is 5.75 Å². The number of sulfonamides is 1. The number of nitrogens with one attached hydrogen (secondary N) is 1. The topological polar surface area (TPSA) is 142 Å². The van der Waals surface area contributed by atoms with Crippen molar-refractivity contribution in [2.45, 2.75) is 30.7 Å². The Morgan fingerprint density at radius 3 is 2.48 bits per heavy atom. The van der Waals surface area contributed by atoms with Gasteiger partial charge in [0.25, 0.3) is 5.91 Å². The number of hydrogen-bond acceptors (Lipinski definition) is 8. The zero-order valence-corrected chi connectivity index (χ0v) is 18.1. The van der Waals surface area contributed by atoms with Gasteiger partial charge in [-0.05, 0) is 18.6 Å². The third kappa shape index (κ3) is 4.62. The van der Waals surface area contributed by atoms with Crippen molar-refractivity contribution in [3.63, 3.8) is 0 Å². The van der Waals surface area contributed by atoms with E-state index >= 15 is 0 Å². The van der Waals surface area contributed by atoms with Gasteiger partial charge in [0.15, 0.2) is 5.75 Å². The molecule has 2 saturated heterocycles. The number of nitrogens with zero attached hydrogens (tertiary/aromatic N) is 4. The van der Waals surface area contributed by atoms with Gasteiger partial charge in [0, 0.05) is 32.2 Å². The first-order valence-corrected chi connectivity index (χ1v) is 11.3. The Morgan fingerprint density at radius 1 is 1.23 bits per heavy atom. The van der Waals surface area contributed by atoms with Crippen molar-refractivity contribution in [2.75, 3.05) is 40.0 Å². The summed E-state index contributed by atoms with van der Waals surface area (Å²) in [5.41, 5.74) is -0.428. The highest BCUT2D eigenvalue weighted by Crippen LogP contribution is 2.30. The summed E-state index contributed by atoms with van der Waals surface area (Å²) < 4.78 is 32.0. The number of hydrogen-bond donors (Lipinski definition) is 1. The van der Waals surface area contributed by atoms with Crippen molar-refractivity contribution in [1.82, 2.24) is 19.4 Å². The number of urea groups is 1. The van der Waals surface area contributed by atoms with Gasteiger partial charge in [-0.3, -0.25) is 19.8 Å².